The van der Waals surface area contributed by atoms with Gasteiger partial charge in [0.05, 0.1) is 13.2 Å². The number of ether oxygens (including phenoxy) is 2. The van der Waals surface area contributed by atoms with Crippen molar-refractivity contribution >= 4 is 0 Å². The fourth-order valence-electron chi connectivity index (χ4n) is 7.81. The first-order chi connectivity index (χ1) is 13.2. The third-order valence-corrected chi connectivity index (χ3v) is 9.18. The van der Waals surface area contributed by atoms with Crippen LogP contribution in [0.5, 0.6) is 11.5 Å². The molecule has 6 aliphatic rings. The minimum atomic E-state index is -0.312. The van der Waals surface area contributed by atoms with Gasteiger partial charge in [-0.2, -0.15) is 0 Å². The number of hydrogen-bond donors (Lipinski definition) is 1. The summed E-state index contributed by atoms with van der Waals surface area (Å²) in [6.45, 7) is 2.46. The molecule has 1 N–H and O–H groups in total. The van der Waals surface area contributed by atoms with Crippen molar-refractivity contribution < 1.29 is 14.6 Å². The Kier molecular flexibility index (Phi) is 2.90. The highest BCUT2D eigenvalue weighted by Crippen LogP contribution is 2.71. The van der Waals surface area contributed by atoms with E-state index < -0.39 is 0 Å². The molecular weight excluding hydrogens is 338 g/mol. The van der Waals surface area contributed by atoms with Crippen LogP contribution in [-0.2, 0) is 11.8 Å². The molecule has 1 saturated heterocycles. The van der Waals surface area contributed by atoms with Crippen molar-refractivity contribution in [2.24, 2.45) is 23.7 Å². The number of nitrogens with zero attached hydrogens (tertiary/aromatic N) is 1. The SMILES string of the molecule is COc1ccc2c3c1OC1[C@@H](O)[C@@H]4C[C@@H]4C4C(C2)N(CC2CCC2)CCC314. The summed E-state index contributed by atoms with van der Waals surface area (Å²) in [6.07, 6.45) is 7.39. The van der Waals surface area contributed by atoms with Crippen LogP contribution >= 0.6 is 0 Å². The lowest BCUT2D eigenvalue weighted by molar-refractivity contribution is -0.113. The number of benzene rings is 1. The molecule has 144 valence electrons. The second-order valence-electron chi connectivity index (χ2n) is 10.1. The van der Waals surface area contributed by atoms with Crippen molar-refractivity contribution in [3.63, 3.8) is 0 Å². The van der Waals surface area contributed by atoms with Crippen molar-refractivity contribution in [1.82, 2.24) is 4.90 Å². The Morgan fingerprint density at radius 1 is 1.30 bits per heavy atom. The number of likely N-dealkylation sites (tertiary alicyclic amines) is 1. The van der Waals surface area contributed by atoms with Crippen molar-refractivity contribution in [1.29, 1.82) is 0 Å². The van der Waals surface area contributed by atoms with E-state index in [9.17, 15) is 5.11 Å². The Bertz CT molecular complexity index is 820. The van der Waals surface area contributed by atoms with Crippen LogP contribution in [0.2, 0.25) is 0 Å². The predicted octanol–water partition coefficient (Wildman–Crippen LogP) is 2.75. The molecule has 7 atom stereocenters. The van der Waals surface area contributed by atoms with Gasteiger partial charge in [-0.3, -0.25) is 4.90 Å². The highest BCUT2D eigenvalue weighted by atomic mass is 16.5. The molecule has 0 amide bonds. The second kappa shape index (κ2) is 5.01. The van der Waals surface area contributed by atoms with E-state index in [1.54, 1.807) is 7.11 Å². The maximum atomic E-state index is 11.1. The van der Waals surface area contributed by atoms with Gasteiger partial charge in [0.15, 0.2) is 11.5 Å². The molecule has 4 aliphatic carbocycles. The molecule has 27 heavy (non-hydrogen) atoms. The van der Waals surface area contributed by atoms with E-state index in [1.807, 2.05) is 0 Å². The average Bonchev–Trinajstić information content (AvgIpc) is 3.36. The van der Waals surface area contributed by atoms with E-state index in [4.69, 9.17) is 9.47 Å². The van der Waals surface area contributed by atoms with Gasteiger partial charge in [-0.1, -0.05) is 12.5 Å². The summed E-state index contributed by atoms with van der Waals surface area (Å²) >= 11 is 0. The van der Waals surface area contributed by atoms with Crippen LogP contribution in [0.1, 0.15) is 43.2 Å². The van der Waals surface area contributed by atoms with Gasteiger partial charge in [0.2, 0.25) is 0 Å². The molecule has 0 radical (unpaired) electrons. The number of hydrogen-bond acceptors (Lipinski definition) is 4. The first kappa shape index (κ1) is 15.6. The molecule has 1 aromatic carbocycles. The molecule has 2 aliphatic heterocycles. The number of aliphatic hydroxyl groups is 1. The summed E-state index contributed by atoms with van der Waals surface area (Å²) in [5, 5.41) is 11.1. The van der Waals surface area contributed by atoms with Crippen LogP contribution in [0.25, 0.3) is 0 Å². The third kappa shape index (κ3) is 1.74. The van der Waals surface area contributed by atoms with Crippen LogP contribution in [0.4, 0.5) is 0 Å². The molecule has 4 fully saturated rings. The maximum Gasteiger partial charge on any atom is 0.165 e. The number of fused-ring (bicyclic) bond motifs is 1. The quantitative estimate of drug-likeness (QED) is 0.892. The molecule has 1 aromatic rings. The average molecular weight is 367 g/mol. The zero-order valence-corrected chi connectivity index (χ0v) is 16.1. The summed E-state index contributed by atoms with van der Waals surface area (Å²) in [5.41, 5.74) is 2.90. The molecule has 2 bridgehead atoms. The van der Waals surface area contributed by atoms with E-state index >= 15 is 0 Å². The first-order valence-electron chi connectivity index (χ1n) is 11.0. The van der Waals surface area contributed by atoms with Crippen LogP contribution in [-0.4, -0.2) is 48.5 Å². The van der Waals surface area contributed by atoms with Crippen molar-refractivity contribution in [3.05, 3.63) is 23.3 Å². The van der Waals surface area contributed by atoms with Gasteiger partial charge in [0.1, 0.15) is 6.10 Å². The Balaban J connectivity index is 1.39. The Hall–Kier alpha value is -1.26. The van der Waals surface area contributed by atoms with E-state index in [2.05, 4.69) is 17.0 Å². The lowest BCUT2D eigenvalue weighted by Gasteiger charge is -2.59. The Morgan fingerprint density at radius 3 is 2.96 bits per heavy atom. The van der Waals surface area contributed by atoms with E-state index in [-0.39, 0.29) is 17.6 Å². The van der Waals surface area contributed by atoms with Gasteiger partial charge in [-0.15, -0.1) is 0 Å². The number of rotatable bonds is 3. The topological polar surface area (TPSA) is 41.9 Å². The summed E-state index contributed by atoms with van der Waals surface area (Å²) < 4.78 is 12.2. The van der Waals surface area contributed by atoms with Gasteiger partial charge in [-0.05, 0) is 74.0 Å². The van der Waals surface area contributed by atoms with Crippen LogP contribution in [0, 0.1) is 23.7 Å². The predicted molar refractivity (Wildman–Crippen MR) is 101 cm³/mol. The number of piperidine rings is 1. The van der Waals surface area contributed by atoms with E-state index in [0.29, 0.717) is 23.8 Å². The summed E-state index contributed by atoms with van der Waals surface area (Å²) in [7, 11) is 1.74. The normalized spacial score (nSPS) is 46.1. The van der Waals surface area contributed by atoms with E-state index in [0.717, 1.165) is 36.8 Å². The molecule has 3 saturated carbocycles. The summed E-state index contributed by atoms with van der Waals surface area (Å²) in [6, 6.07) is 5.01. The zero-order valence-electron chi connectivity index (χ0n) is 16.1. The third-order valence-electron chi connectivity index (χ3n) is 9.18. The molecule has 4 unspecified atom stereocenters. The highest BCUT2D eigenvalue weighted by Gasteiger charge is 2.73. The number of methoxy groups -OCH3 is 1. The van der Waals surface area contributed by atoms with Crippen LogP contribution < -0.4 is 9.47 Å². The number of aliphatic hydroxyl groups excluding tert-OH is 1. The minimum Gasteiger partial charge on any atom is -0.493 e. The maximum absolute atomic E-state index is 11.1. The fraction of sp³-hybridized carbons (Fsp3) is 0.739. The largest absolute Gasteiger partial charge is 0.493 e. The lowest BCUT2D eigenvalue weighted by Crippen LogP contribution is -2.68. The minimum absolute atomic E-state index is 0.0231. The van der Waals surface area contributed by atoms with Gasteiger partial charge >= 0.3 is 0 Å². The fourth-order valence-corrected chi connectivity index (χ4v) is 7.81. The van der Waals surface area contributed by atoms with Crippen LogP contribution in [0.15, 0.2) is 12.1 Å². The smallest absolute Gasteiger partial charge is 0.165 e. The second-order valence-corrected chi connectivity index (χ2v) is 10.1. The van der Waals surface area contributed by atoms with Crippen molar-refractivity contribution in [2.45, 2.75) is 62.2 Å². The first-order valence-corrected chi connectivity index (χ1v) is 11.0. The van der Waals surface area contributed by atoms with Gasteiger partial charge < -0.3 is 14.6 Å². The zero-order chi connectivity index (χ0) is 17.9. The van der Waals surface area contributed by atoms with Crippen LogP contribution in [0.3, 0.4) is 0 Å². The summed E-state index contributed by atoms with van der Waals surface area (Å²) in [4.78, 5) is 2.84. The molecule has 4 heteroatoms. The molecule has 1 spiro atoms. The van der Waals surface area contributed by atoms with E-state index in [1.165, 1.54) is 43.4 Å². The lowest BCUT2D eigenvalue weighted by atomic mass is 9.51. The molecular formula is C23H29NO3. The highest BCUT2D eigenvalue weighted by molar-refractivity contribution is 5.61. The monoisotopic (exact) mass is 367 g/mol. The molecule has 4 nitrogen and oxygen atoms in total. The van der Waals surface area contributed by atoms with Crippen molar-refractivity contribution in [2.75, 3.05) is 20.2 Å². The molecule has 2 heterocycles. The Labute approximate surface area is 160 Å². The standard InChI is InChI=1S/C23H29NO3/c1-26-17-6-5-13-9-16-19-14-10-15(14)20(25)22-23(19,18(13)21(17)27-22)7-8-24(16)11-12-3-2-4-12/h5-6,12,14-16,19-20,22,25H,2-4,7-11H2,1H3/t14-,15+,16?,19?,20-,22?,23?/m0/s1. The van der Waals surface area contributed by atoms with Crippen molar-refractivity contribution in [3.8, 4) is 11.5 Å². The molecule has 7 rings (SSSR count). The van der Waals surface area contributed by atoms with Gasteiger partial charge in [0, 0.05) is 23.6 Å². The Morgan fingerprint density at radius 2 is 2.19 bits per heavy atom. The molecule has 0 aromatic heterocycles. The van der Waals surface area contributed by atoms with Gasteiger partial charge in [0.25, 0.3) is 0 Å². The summed E-state index contributed by atoms with van der Waals surface area (Å²) in [5.74, 6) is 4.54. The van der Waals surface area contributed by atoms with Gasteiger partial charge in [-0.25, -0.2) is 0 Å².